The maximum atomic E-state index is 15.0. The summed E-state index contributed by atoms with van der Waals surface area (Å²) in [7, 11) is 3.43. The Morgan fingerprint density at radius 2 is 1.77 bits per heavy atom. The summed E-state index contributed by atoms with van der Waals surface area (Å²) in [5.74, 6) is 0.165. The Morgan fingerprint density at radius 3 is 2.57 bits per heavy atom. The number of aromatic nitrogens is 4. The number of hydrogen-bond donors (Lipinski definition) is 0. The summed E-state index contributed by atoms with van der Waals surface area (Å²) in [4.78, 5) is 9.24. The molecule has 6 nitrogen and oxygen atoms in total. The third-order valence-electron chi connectivity index (χ3n) is 6.26. The molecule has 0 aliphatic heterocycles. The summed E-state index contributed by atoms with van der Waals surface area (Å²) in [5, 5.41) is 16.4. The fourth-order valence-electron chi connectivity index (χ4n) is 4.54. The Hall–Kier alpha value is -4.83. The van der Waals surface area contributed by atoms with Gasteiger partial charge in [0.2, 0.25) is 0 Å². The standard InChI is InChI=1S/C28H18FN5O/c1-34-25-15-32-24-12-26(35-2)20(18-10-17-5-3-4-6-23(17)31-14-18)11-21(24)27(25)28(33-34)19-8-7-16(13-30)9-22(19)29/h3-12,14-15H,1-2H3. The van der Waals surface area contributed by atoms with E-state index >= 15 is 4.39 Å². The van der Waals surface area contributed by atoms with Crippen LogP contribution < -0.4 is 4.74 Å². The first-order valence-electron chi connectivity index (χ1n) is 11.0. The van der Waals surface area contributed by atoms with Crippen LogP contribution in [0.15, 0.2) is 73.1 Å². The first-order valence-corrected chi connectivity index (χ1v) is 11.0. The van der Waals surface area contributed by atoms with Gasteiger partial charge in [-0.25, -0.2) is 4.39 Å². The number of rotatable bonds is 3. The molecule has 0 bridgehead atoms. The van der Waals surface area contributed by atoms with Crippen LogP contribution in [0.5, 0.6) is 5.75 Å². The quantitative estimate of drug-likeness (QED) is 0.323. The zero-order valence-corrected chi connectivity index (χ0v) is 19.0. The molecule has 0 unspecified atom stereocenters. The van der Waals surface area contributed by atoms with E-state index < -0.39 is 5.82 Å². The summed E-state index contributed by atoms with van der Waals surface area (Å²) >= 11 is 0. The van der Waals surface area contributed by atoms with Crippen molar-refractivity contribution in [1.29, 1.82) is 5.26 Å². The van der Waals surface area contributed by atoms with Gasteiger partial charge in [-0.3, -0.25) is 14.6 Å². The molecule has 0 saturated carbocycles. The van der Waals surface area contributed by atoms with Crippen LogP contribution in [-0.2, 0) is 7.05 Å². The zero-order chi connectivity index (χ0) is 24.1. The van der Waals surface area contributed by atoms with Crippen molar-refractivity contribution in [1.82, 2.24) is 19.7 Å². The molecular formula is C28H18FN5O. The van der Waals surface area contributed by atoms with E-state index in [1.165, 1.54) is 6.07 Å². The van der Waals surface area contributed by atoms with Gasteiger partial charge in [0.25, 0.3) is 0 Å². The predicted octanol–water partition coefficient (Wildman–Crippen LogP) is 6.02. The van der Waals surface area contributed by atoms with Crippen molar-refractivity contribution in [3.8, 4) is 34.2 Å². The topological polar surface area (TPSA) is 76.6 Å². The van der Waals surface area contributed by atoms with Gasteiger partial charge in [-0.15, -0.1) is 0 Å². The molecule has 168 valence electrons. The number of aryl methyl sites for hydroxylation is 1. The van der Waals surface area contributed by atoms with Crippen LogP contribution in [0.3, 0.4) is 0 Å². The summed E-state index contributed by atoms with van der Waals surface area (Å²) in [5.41, 5.74) is 5.20. The van der Waals surface area contributed by atoms with E-state index in [4.69, 9.17) is 10.00 Å². The van der Waals surface area contributed by atoms with Gasteiger partial charge >= 0.3 is 0 Å². The van der Waals surface area contributed by atoms with Gasteiger partial charge < -0.3 is 4.74 Å². The highest BCUT2D eigenvalue weighted by Crippen LogP contribution is 2.40. The molecule has 0 fully saturated rings. The Bertz CT molecular complexity index is 1830. The third-order valence-corrected chi connectivity index (χ3v) is 6.26. The Balaban J connectivity index is 1.67. The molecule has 35 heavy (non-hydrogen) atoms. The molecule has 0 saturated heterocycles. The van der Waals surface area contributed by atoms with Crippen molar-refractivity contribution in [2.24, 2.45) is 7.05 Å². The van der Waals surface area contributed by atoms with Crippen molar-refractivity contribution in [2.75, 3.05) is 7.11 Å². The van der Waals surface area contributed by atoms with E-state index in [2.05, 4.69) is 21.1 Å². The lowest BCUT2D eigenvalue weighted by Crippen LogP contribution is -1.93. The molecule has 0 radical (unpaired) electrons. The van der Waals surface area contributed by atoms with Crippen molar-refractivity contribution in [2.45, 2.75) is 0 Å². The van der Waals surface area contributed by atoms with E-state index in [1.807, 2.05) is 48.7 Å². The van der Waals surface area contributed by atoms with E-state index in [0.717, 1.165) is 38.3 Å². The van der Waals surface area contributed by atoms with Crippen LogP contribution in [0.1, 0.15) is 5.56 Å². The molecule has 6 aromatic rings. The number of para-hydroxylation sites is 1. The van der Waals surface area contributed by atoms with E-state index in [9.17, 15) is 0 Å². The summed E-state index contributed by atoms with van der Waals surface area (Å²) in [6.07, 6.45) is 3.55. The molecule has 3 aromatic carbocycles. The van der Waals surface area contributed by atoms with Gasteiger partial charge in [-0.1, -0.05) is 18.2 Å². The number of ether oxygens (including phenoxy) is 1. The number of methoxy groups -OCH3 is 1. The SMILES string of the molecule is COc1cc2ncc3c(c(-c4ccc(C#N)cc4F)nn3C)c2cc1-c1cnc2ccccc2c1. The Kier molecular flexibility index (Phi) is 4.68. The predicted molar refractivity (Wildman–Crippen MR) is 133 cm³/mol. The molecule has 3 heterocycles. The van der Waals surface area contributed by atoms with Gasteiger partial charge in [0.05, 0.1) is 41.5 Å². The molecule has 7 heteroatoms. The normalized spacial score (nSPS) is 11.3. The monoisotopic (exact) mass is 459 g/mol. The number of nitrogens with zero attached hydrogens (tertiary/aromatic N) is 5. The molecule has 0 N–H and O–H groups in total. The molecular weight excluding hydrogens is 441 g/mol. The summed E-state index contributed by atoms with van der Waals surface area (Å²) in [6.45, 7) is 0. The van der Waals surface area contributed by atoms with Crippen molar-refractivity contribution in [3.05, 3.63) is 84.4 Å². The van der Waals surface area contributed by atoms with Gasteiger partial charge in [-0.05, 0) is 36.4 Å². The lowest BCUT2D eigenvalue weighted by atomic mass is 9.98. The molecule has 0 aliphatic rings. The molecule has 0 aliphatic carbocycles. The first-order chi connectivity index (χ1) is 17.1. The minimum atomic E-state index is -0.499. The van der Waals surface area contributed by atoms with Gasteiger partial charge in [0.1, 0.15) is 17.3 Å². The third kappa shape index (κ3) is 3.27. The molecule has 0 amide bonds. The lowest BCUT2D eigenvalue weighted by Gasteiger charge is -2.12. The number of hydrogen-bond acceptors (Lipinski definition) is 5. The number of pyridine rings is 2. The number of fused-ring (bicyclic) bond motifs is 4. The van der Waals surface area contributed by atoms with Gasteiger partial charge in [-0.2, -0.15) is 10.4 Å². The van der Waals surface area contributed by atoms with Crippen molar-refractivity contribution < 1.29 is 9.13 Å². The average Bonchev–Trinajstić information content (AvgIpc) is 3.23. The van der Waals surface area contributed by atoms with E-state index in [-0.39, 0.29) is 5.56 Å². The van der Waals surface area contributed by atoms with Crippen LogP contribution in [-0.4, -0.2) is 26.9 Å². The van der Waals surface area contributed by atoms with Gasteiger partial charge in [0, 0.05) is 52.2 Å². The first kappa shape index (κ1) is 20.8. The Morgan fingerprint density at radius 1 is 0.943 bits per heavy atom. The number of benzene rings is 3. The number of halogens is 1. The smallest absolute Gasteiger partial charge is 0.134 e. The molecule has 3 aromatic heterocycles. The second kappa shape index (κ2) is 7.89. The molecule has 6 rings (SSSR count). The maximum Gasteiger partial charge on any atom is 0.134 e. The van der Waals surface area contributed by atoms with Crippen LogP contribution >= 0.6 is 0 Å². The van der Waals surface area contributed by atoms with Crippen molar-refractivity contribution in [3.63, 3.8) is 0 Å². The summed E-state index contributed by atoms with van der Waals surface area (Å²) in [6, 6.07) is 20.3. The maximum absolute atomic E-state index is 15.0. The van der Waals surface area contributed by atoms with Crippen molar-refractivity contribution >= 4 is 32.7 Å². The fraction of sp³-hybridized carbons (Fsp3) is 0.0714. The van der Waals surface area contributed by atoms with E-state index in [0.29, 0.717) is 22.5 Å². The van der Waals surface area contributed by atoms with Crippen LogP contribution in [0.25, 0.3) is 55.1 Å². The van der Waals surface area contributed by atoms with Crippen LogP contribution in [0.4, 0.5) is 4.39 Å². The largest absolute Gasteiger partial charge is 0.496 e. The fourth-order valence-corrected chi connectivity index (χ4v) is 4.54. The highest BCUT2D eigenvalue weighted by atomic mass is 19.1. The van der Waals surface area contributed by atoms with Gasteiger partial charge in [0.15, 0.2) is 0 Å². The second-order valence-electron chi connectivity index (χ2n) is 8.28. The molecule has 0 atom stereocenters. The average molecular weight is 459 g/mol. The minimum absolute atomic E-state index is 0.258. The summed E-state index contributed by atoms with van der Waals surface area (Å²) < 4.78 is 22.4. The Labute approximate surface area is 199 Å². The number of nitriles is 1. The zero-order valence-electron chi connectivity index (χ0n) is 19.0. The highest BCUT2D eigenvalue weighted by Gasteiger charge is 2.20. The lowest BCUT2D eigenvalue weighted by molar-refractivity contribution is 0.417. The molecule has 0 spiro atoms. The second-order valence-corrected chi connectivity index (χ2v) is 8.28. The highest BCUT2D eigenvalue weighted by molar-refractivity contribution is 6.12. The van der Waals surface area contributed by atoms with E-state index in [1.54, 1.807) is 37.2 Å². The van der Waals surface area contributed by atoms with Crippen LogP contribution in [0.2, 0.25) is 0 Å². The minimum Gasteiger partial charge on any atom is -0.496 e. The van der Waals surface area contributed by atoms with Crippen LogP contribution in [0, 0.1) is 17.1 Å².